The van der Waals surface area contributed by atoms with E-state index in [2.05, 4.69) is 46.1 Å². The summed E-state index contributed by atoms with van der Waals surface area (Å²) in [5.74, 6) is 0. The van der Waals surface area contributed by atoms with Crippen molar-refractivity contribution in [3.8, 4) is 0 Å². The molecule has 0 amide bonds. The van der Waals surface area contributed by atoms with Gasteiger partial charge in [0.05, 0.1) is 17.1 Å². The predicted molar refractivity (Wildman–Crippen MR) is 76.8 cm³/mol. The van der Waals surface area contributed by atoms with Gasteiger partial charge in [-0.2, -0.15) is 5.10 Å². The molecule has 0 aliphatic heterocycles. The highest BCUT2D eigenvalue weighted by atomic mass is 15.3. The average molecular weight is 258 g/mol. The minimum absolute atomic E-state index is 0.790. The second kappa shape index (κ2) is 6.48. The molecule has 1 N–H and O–H groups in total. The molecule has 2 aromatic rings. The Kier molecular flexibility index (Phi) is 4.68. The third kappa shape index (κ3) is 3.64. The number of nitrogens with zero attached hydrogens (tertiary/aromatic N) is 3. The molecule has 0 fully saturated rings. The van der Waals surface area contributed by atoms with Gasteiger partial charge in [0, 0.05) is 25.3 Å². The number of hydrogen-bond donors (Lipinski definition) is 1. The lowest BCUT2D eigenvalue weighted by Gasteiger charge is -2.06. The van der Waals surface area contributed by atoms with Gasteiger partial charge in [0.1, 0.15) is 0 Å². The van der Waals surface area contributed by atoms with E-state index in [0.29, 0.717) is 0 Å². The van der Waals surface area contributed by atoms with Crippen molar-refractivity contribution in [3.63, 3.8) is 0 Å². The first-order chi connectivity index (χ1) is 9.22. The molecule has 0 saturated heterocycles. The molecule has 0 aromatic carbocycles. The molecule has 19 heavy (non-hydrogen) atoms. The van der Waals surface area contributed by atoms with Gasteiger partial charge in [0.2, 0.25) is 0 Å². The molecule has 0 bridgehead atoms. The molecule has 0 aliphatic rings. The molecule has 4 heteroatoms. The van der Waals surface area contributed by atoms with Crippen LogP contribution in [0, 0.1) is 6.92 Å². The number of pyridine rings is 1. The summed E-state index contributed by atoms with van der Waals surface area (Å²) in [6.45, 7) is 8.81. The zero-order chi connectivity index (χ0) is 13.7. The van der Waals surface area contributed by atoms with Crippen LogP contribution >= 0.6 is 0 Å². The molecule has 102 valence electrons. The van der Waals surface area contributed by atoms with Crippen LogP contribution in [0.15, 0.2) is 24.3 Å². The lowest BCUT2D eigenvalue weighted by molar-refractivity contribution is 0.574. The van der Waals surface area contributed by atoms with Crippen molar-refractivity contribution in [1.29, 1.82) is 0 Å². The Hall–Kier alpha value is -1.68. The van der Waals surface area contributed by atoms with Crippen molar-refractivity contribution < 1.29 is 0 Å². The average Bonchev–Trinajstić information content (AvgIpc) is 2.81. The summed E-state index contributed by atoms with van der Waals surface area (Å²) in [5.41, 5.74) is 4.55. The number of aryl methyl sites for hydroxylation is 3. The second-order valence-electron chi connectivity index (χ2n) is 4.67. The summed E-state index contributed by atoms with van der Waals surface area (Å²) in [6, 6.07) is 8.29. The molecule has 0 unspecified atom stereocenters. The maximum atomic E-state index is 4.55. The molecule has 2 rings (SSSR count). The maximum absolute atomic E-state index is 4.55. The lowest BCUT2D eigenvalue weighted by Crippen LogP contribution is -2.16. The van der Waals surface area contributed by atoms with Crippen LogP contribution < -0.4 is 5.32 Å². The molecule has 4 nitrogen and oxygen atoms in total. The molecular weight excluding hydrogens is 236 g/mol. The monoisotopic (exact) mass is 258 g/mol. The number of rotatable bonds is 6. The van der Waals surface area contributed by atoms with E-state index in [1.807, 2.05) is 19.1 Å². The predicted octanol–water partition coefficient (Wildman–Crippen LogP) is 2.46. The smallest absolute Gasteiger partial charge is 0.0625 e. The number of nitrogens with one attached hydrogen (secondary N) is 1. The van der Waals surface area contributed by atoms with Gasteiger partial charge in [0.25, 0.3) is 0 Å². The largest absolute Gasteiger partial charge is 0.306 e. The quantitative estimate of drug-likeness (QED) is 0.865. The van der Waals surface area contributed by atoms with E-state index in [1.54, 1.807) is 0 Å². The fourth-order valence-electron chi connectivity index (χ4n) is 2.12. The van der Waals surface area contributed by atoms with Gasteiger partial charge < -0.3 is 5.32 Å². The first kappa shape index (κ1) is 13.7. The summed E-state index contributed by atoms with van der Waals surface area (Å²) in [7, 11) is 0. The Bertz CT molecular complexity index is 531. The van der Waals surface area contributed by atoms with E-state index in [1.165, 1.54) is 5.69 Å². The third-order valence-electron chi connectivity index (χ3n) is 3.13. The normalized spacial score (nSPS) is 10.9. The minimum Gasteiger partial charge on any atom is -0.306 e. The van der Waals surface area contributed by atoms with Crippen molar-refractivity contribution in [2.45, 2.75) is 46.8 Å². The molecule has 0 spiro atoms. The van der Waals surface area contributed by atoms with Crippen molar-refractivity contribution in [2.75, 3.05) is 0 Å². The van der Waals surface area contributed by atoms with Crippen LogP contribution in [0.4, 0.5) is 0 Å². The van der Waals surface area contributed by atoms with E-state index in [9.17, 15) is 0 Å². The Morgan fingerprint density at radius 1 is 1.16 bits per heavy atom. The lowest BCUT2D eigenvalue weighted by atomic mass is 10.3. The second-order valence-corrected chi connectivity index (χ2v) is 4.67. The van der Waals surface area contributed by atoms with E-state index >= 15 is 0 Å². The van der Waals surface area contributed by atoms with Crippen LogP contribution in [-0.2, 0) is 26.1 Å². The fourth-order valence-corrected chi connectivity index (χ4v) is 2.12. The summed E-state index contributed by atoms with van der Waals surface area (Å²) in [5, 5.41) is 7.98. The maximum Gasteiger partial charge on any atom is 0.0625 e. The van der Waals surface area contributed by atoms with E-state index in [4.69, 9.17) is 0 Å². The summed E-state index contributed by atoms with van der Waals surface area (Å²) in [4.78, 5) is 4.48. The standard InChI is InChI=1S/C15H22N4/c1-4-13-9-15(19(5-2)18-13)11-16-10-14-8-6-7-12(3)17-14/h6-9,16H,4-5,10-11H2,1-3H3. The van der Waals surface area contributed by atoms with Gasteiger partial charge in [-0.1, -0.05) is 13.0 Å². The molecular formula is C15H22N4. The van der Waals surface area contributed by atoms with Gasteiger partial charge >= 0.3 is 0 Å². The third-order valence-corrected chi connectivity index (χ3v) is 3.13. The van der Waals surface area contributed by atoms with Crippen molar-refractivity contribution in [3.05, 3.63) is 47.0 Å². The van der Waals surface area contributed by atoms with Crippen molar-refractivity contribution in [2.24, 2.45) is 0 Å². The number of aromatic nitrogens is 3. The fraction of sp³-hybridized carbons (Fsp3) is 0.467. The summed E-state index contributed by atoms with van der Waals surface area (Å²) >= 11 is 0. The highest BCUT2D eigenvalue weighted by molar-refractivity contribution is 5.12. The molecule has 0 radical (unpaired) electrons. The van der Waals surface area contributed by atoms with Gasteiger partial charge in [-0.05, 0) is 38.5 Å². The van der Waals surface area contributed by atoms with E-state index in [0.717, 1.165) is 43.1 Å². The van der Waals surface area contributed by atoms with Crippen LogP contribution in [-0.4, -0.2) is 14.8 Å². The Balaban J connectivity index is 1.93. The zero-order valence-corrected chi connectivity index (χ0v) is 12.0. The van der Waals surface area contributed by atoms with Gasteiger partial charge in [-0.3, -0.25) is 9.67 Å². The van der Waals surface area contributed by atoms with Crippen molar-refractivity contribution >= 4 is 0 Å². The van der Waals surface area contributed by atoms with Crippen LogP contribution in [0.5, 0.6) is 0 Å². The molecule has 2 heterocycles. The molecule has 0 saturated carbocycles. The zero-order valence-electron chi connectivity index (χ0n) is 12.0. The highest BCUT2D eigenvalue weighted by Gasteiger charge is 2.05. The minimum atomic E-state index is 0.790. The van der Waals surface area contributed by atoms with Gasteiger partial charge in [0.15, 0.2) is 0 Å². The van der Waals surface area contributed by atoms with Gasteiger partial charge in [-0.25, -0.2) is 0 Å². The van der Waals surface area contributed by atoms with Crippen LogP contribution in [0.1, 0.15) is 36.6 Å². The molecule has 0 atom stereocenters. The van der Waals surface area contributed by atoms with Crippen LogP contribution in [0.25, 0.3) is 0 Å². The SMILES string of the molecule is CCc1cc(CNCc2cccc(C)n2)n(CC)n1. The molecule has 0 aliphatic carbocycles. The summed E-state index contributed by atoms with van der Waals surface area (Å²) < 4.78 is 2.06. The van der Waals surface area contributed by atoms with Crippen LogP contribution in [0.2, 0.25) is 0 Å². The number of hydrogen-bond acceptors (Lipinski definition) is 3. The summed E-state index contributed by atoms with van der Waals surface area (Å²) in [6.07, 6.45) is 0.986. The first-order valence-electron chi connectivity index (χ1n) is 6.91. The van der Waals surface area contributed by atoms with E-state index in [-0.39, 0.29) is 0 Å². The topological polar surface area (TPSA) is 42.7 Å². The Morgan fingerprint density at radius 2 is 2.00 bits per heavy atom. The van der Waals surface area contributed by atoms with E-state index < -0.39 is 0 Å². The van der Waals surface area contributed by atoms with Crippen molar-refractivity contribution in [1.82, 2.24) is 20.1 Å². The highest BCUT2D eigenvalue weighted by Crippen LogP contribution is 2.06. The van der Waals surface area contributed by atoms with Crippen LogP contribution in [0.3, 0.4) is 0 Å². The Labute approximate surface area is 114 Å². The molecule has 2 aromatic heterocycles. The van der Waals surface area contributed by atoms with Gasteiger partial charge in [-0.15, -0.1) is 0 Å². The first-order valence-corrected chi connectivity index (χ1v) is 6.91. The Morgan fingerprint density at radius 3 is 2.68 bits per heavy atom.